The average Bonchev–Trinajstić information content (AvgIpc) is 3.47. The van der Waals surface area contributed by atoms with Crippen LogP contribution in [0.5, 0.6) is 0 Å². The zero-order valence-electron chi connectivity index (χ0n) is 23.8. The Balaban J connectivity index is 1.50. The molecular weight excluding hydrogens is 522 g/mol. The van der Waals surface area contributed by atoms with Crippen LogP contribution >= 0.6 is 0 Å². The Morgan fingerprint density at radius 3 is 2.26 bits per heavy atom. The van der Waals surface area contributed by atoms with Crippen molar-refractivity contribution in [1.82, 2.24) is 35.1 Å². The van der Waals surface area contributed by atoms with Crippen molar-refractivity contribution in [2.24, 2.45) is 0 Å². The predicted molar refractivity (Wildman–Crippen MR) is 164 cm³/mol. The standard InChI is InChI=1S/C34H33N7O/c1-24-18-29-20-30(34(42)36-31(29)19-25(24)2)32(33-37-38-39-41(33)17-15-26-10-5-3-6-11-26)40(22-27-12-7-4-8-13-27)23-28-14-9-16-35-21-28/h3-14,16,18-21,32H,15,17,22-23H2,1-2H3,(H,36,42)/t32-/m0/s1. The zero-order valence-corrected chi connectivity index (χ0v) is 23.8. The number of benzene rings is 3. The van der Waals surface area contributed by atoms with Crippen molar-refractivity contribution in [2.75, 3.05) is 0 Å². The monoisotopic (exact) mass is 555 g/mol. The number of hydrogen-bond donors (Lipinski definition) is 1. The van der Waals surface area contributed by atoms with Crippen LogP contribution in [0.15, 0.2) is 108 Å². The molecule has 8 heteroatoms. The summed E-state index contributed by atoms with van der Waals surface area (Å²) in [5.74, 6) is 0.624. The maximum atomic E-state index is 13.9. The molecule has 6 rings (SSSR count). The predicted octanol–water partition coefficient (Wildman–Crippen LogP) is 5.56. The van der Waals surface area contributed by atoms with Crippen molar-refractivity contribution in [1.29, 1.82) is 0 Å². The summed E-state index contributed by atoms with van der Waals surface area (Å²) in [5.41, 5.74) is 6.91. The lowest BCUT2D eigenvalue weighted by molar-refractivity contribution is 0.193. The molecule has 0 bridgehead atoms. The lowest BCUT2D eigenvalue weighted by Gasteiger charge is -2.31. The second-order valence-electron chi connectivity index (χ2n) is 10.7. The molecule has 0 spiro atoms. The van der Waals surface area contributed by atoms with Crippen LogP contribution in [0.4, 0.5) is 0 Å². The van der Waals surface area contributed by atoms with E-state index in [4.69, 9.17) is 0 Å². The van der Waals surface area contributed by atoms with Gasteiger partial charge in [0, 0.05) is 43.1 Å². The van der Waals surface area contributed by atoms with Crippen molar-refractivity contribution in [2.45, 2.75) is 45.9 Å². The molecular formula is C34H33N7O. The van der Waals surface area contributed by atoms with Gasteiger partial charge in [-0.2, -0.15) is 0 Å². The van der Waals surface area contributed by atoms with Crippen LogP contribution in [0.25, 0.3) is 10.9 Å². The lowest BCUT2D eigenvalue weighted by Crippen LogP contribution is -2.35. The number of nitrogens with one attached hydrogen (secondary N) is 1. The summed E-state index contributed by atoms with van der Waals surface area (Å²) in [7, 11) is 0. The summed E-state index contributed by atoms with van der Waals surface area (Å²) >= 11 is 0. The third-order valence-electron chi connectivity index (χ3n) is 7.74. The average molecular weight is 556 g/mol. The van der Waals surface area contributed by atoms with Gasteiger partial charge in [0.2, 0.25) is 0 Å². The number of hydrogen-bond acceptors (Lipinski definition) is 6. The Kier molecular flexibility index (Phi) is 7.96. The highest BCUT2D eigenvalue weighted by molar-refractivity contribution is 5.81. The molecule has 0 saturated carbocycles. The van der Waals surface area contributed by atoms with Gasteiger partial charge in [0.15, 0.2) is 5.82 Å². The first-order valence-electron chi connectivity index (χ1n) is 14.2. The summed E-state index contributed by atoms with van der Waals surface area (Å²) in [6, 6.07) is 30.2. The third-order valence-corrected chi connectivity index (χ3v) is 7.74. The number of H-pyrrole nitrogens is 1. The van der Waals surface area contributed by atoms with Gasteiger partial charge in [-0.15, -0.1) is 5.10 Å². The SMILES string of the molecule is Cc1cc2cc([C@@H](c3nnnn3CCc3ccccc3)N(Cc3ccccc3)Cc3cccnc3)c(=O)[nH]c2cc1C. The number of aryl methyl sites for hydroxylation is 4. The highest BCUT2D eigenvalue weighted by Crippen LogP contribution is 2.30. The van der Waals surface area contributed by atoms with Gasteiger partial charge in [-0.25, -0.2) is 4.68 Å². The Morgan fingerprint density at radius 1 is 0.833 bits per heavy atom. The number of pyridine rings is 2. The van der Waals surface area contributed by atoms with Gasteiger partial charge in [0.05, 0.1) is 0 Å². The lowest BCUT2D eigenvalue weighted by atomic mass is 9.99. The van der Waals surface area contributed by atoms with Crippen LogP contribution in [-0.2, 0) is 26.1 Å². The summed E-state index contributed by atoms with van der Waals surface area (Å²) in [5, 5.41) is 14.0. The fourth-order valence-electron chi connectivity index (χ4n) is 5.42. The van der Waals surface area contributed by atoms with Gasteiger partial charge >= 0.3 is 0 Å². The Bertz CT molecular complexity index is 1790. The minimum atomic E-state index is -0.522. The number of aromatic amines is 1. The number of nitrogens with zero attached hydrogens (tertiary/aromatic N) is 6. The number of rotatable bonds is 10. The molecule has 0 fully saturated rings. The zero-order chi connectivity index (χ0) is 28.9. The van der Waals surface area contributed by atoms with Crippen LogP contribution in [0, 0.1) is 13.8 Å². The smallest absolute Gasteiger partial charge is 0.253 e. The molecule has 3 aromatic heterocycles. The Morgan fingerprint density at radius 2 is 1.52 bits per heavy atom. The second kappa shape index (κ2) is 12.3. The molecule has 3 aromatic carbocycles. The van der Waals surface area contributed by atoms with Crippen LogP contribution < -0.4 is 5.56 Å². The summed E-state index contributed by atoms with van der Waals surface area (Å²) < 4.78 is 1.84. The van der Waals surface area contributed by atoms with Crippen LogP contribution in [0.1, 0.15) is 45.2 Å². The molecule has 3 heterocycles. The molecule has 0 amide bonds. The number of aromatic nitrogens is 6. The van der Waals surface area contributed by atoms with E-state index in [-0.39, 0.29) is 5.56 Å². The molecule has 1 atom stereocenters. The number of fused-ring (bicyclic) bond motifs is 1. The molecule has 42 heavy (non-hydrogen) atoms. The highest BCUT2D eigenvalue weighted by Gasteiger charge is 2.31. The minimum Gasteiger partial charge on any atom is -0.322 e. The molecule has 0 aliphatic carbocycles. The molecule has 0 unspecified atom stereocenters. The first-order chi connectivity index (χ1) is 20.5. The quantitative estimate of drug-likeness (QED) is 0.238. The first-order valence-corrected chi connectivity index (χ1v) is 14.2. The topological polar surface area (TPSA) is 92.6 Å². The van der Waals surface area contributed by atoms with Gasteiger partial charge in [-0.1, -0.05) is 66.7 Å². The highest BCUT2D eigenvalue weighted by atomic mass is 16.1. The third kappa shape index (κ3) is 6.04. The van der Waals surface area contributed by atoms with Crippen molar-refractivity contribution in [3.05, 3.63) is 153 Å². The van der Waals surface area contributed by atoms with Crippen molar-refractivity contribution < 1.29 is 0 Å². The van der Waals surface area contributed by atoms with Crippen molar-refractivity contribution >= 4 is 10.9 Å². The fourth-order valence-corrected chi connectivity index (χ4v) is 5.42. The fraction of sp³-hybridized carbons (Fsp3) is 0.206. The molecule has 210 valence electrons. The van der Waals surface area contributed by atoms with Crippen LogP contribution in [0.2, 0.25) is 0 Å². The maximum absolute atomic E-state index is 13.9. The van der Waals surface area contributed by atoms with Gasteiger partial charge in [-0.3, -0.25) is 14.7 Å². The van der Waals surface area contributed by atoms with Gasteiger partial charge in [0.1, 0.15) is 6.04 Å². The normalized spacial score (nSPS) is 12.2. The maximum Gasteiger partial charge on any atom is 0.253 e. The van der Waals surface area contributed by atoms with E-state index in [0.717, 1.165) is 34.0 Å². The summed E-state index contributed by atoms with van der Waals surface area (Å²) in [4.78, 5) is 23.7. The van der Waals surface area contributed by atoms with Crippen LogP contribution in [-0.4, -0.2) is 35.1 Å². The van der Waals surface area contributed by atoms with Gasteiger partial charge in [-0.05, 0) is 88.2 Å². The Labute approximate surface area is 244 Å². The van der Waals surface area contributed by atoms with E-state index in [9.17, 15) is 4.79 Å². The molecule has 6 aromatic rings. The van der Waals surface area contributed by atoms with E-state index >= 15 is 0 Å². The van der Waals surface area contributed by atoms with Crippen LogP contribution in [0.3, 0.4) is 0 Å². The summed E-state index contributed by atoms with van der Waals surface area (Å²) in [6.07, 6.45) is 4.40. The van der Waals surface area contributed by atoms with E-state index in [1.165, 1.54) is 11.1 Å². The van der Waals surface area contributed by atoms with E-state index < -0.39 is 6.04 Å². The van der Waals surface area contributed by atoms with E-state index in [1.807, 2.05) is 65.5 Å². The summed E-state index contributed by atoms with van der Waals surface area (Å²) in [6.45, 7) is 5.85. The molecule has 0 saturated heterocycles. The van der Waals surface area contributed by atoms with Gasteiger partial charge in [0.25, 0.3) is 5.56 Å². The second-order valence-corrected chi connectivity index (χ2v) is 10.7. The molecule has 1 N–H and O–H groups in total. The molecule has 0 aliphatic rings. The largest absolute Gasteiger partial charge is 0.322 e. The van der Waals surface area contributed by atoms with E-state index in [1.54, 1.807) is 6.20 Å². The Hall–Kier alpha value is -4.95. The van der Waals surface area contributed by atoms with Gasteiger partial charge < -0.3 is 4.98 Å². The van der Waals surface area contributed by atoms with Crippen molar-refractivity contribution in [3.8, 4) is 0 Å². The first kappa shape index (κ1) is 27.2. The molecule has 0 aliphatic heterocycles. The van der Waals surface area contributed by atoms with E-state index in [0.29, 0.717) is 31.0 Å². The molecule has 8 nitrogen and oxygen atoms in total. The molecule has 0 radical (unpaired) electrons. The minimum absolute atomic E-state index is 0.155. The van der Waals surface area contributed by atoms with E-state index in [2.05, 4.69) is 80.6 Å². The van der Waals surface area contributed by atoms with Crippen molar-refractivity contribution in [3.63, 3.8) is 0 Å². The number of tetrazole rings is 1.